The lowest BCUT2D eigenvalue weighted by Gasteiger charge is -2.41. The average molecular weight is 631 g/mol. The highest BCUT2D eigenvalue weighted by atomic mass is 16.5. The summed E-state index contributed by atoms with van der Waals surface area (Å²) in [7, 11) is 1.56. The minimum absolute atomic E-state index is 0.0193. The zero-order valence-corrected chi connectivity index (χ0v) is 26.8. The number of nitrogens with zero attached hydrogens (tertiary/aromatic N) is 4. The minimum Gasteiger partial charge on any atom is -0.497 e. The molecule has 0 radical (unpaired) electrons. The molecular formula is C35H46N6O5. The summed E-state index contributed by atoms with van der Waals surface area (Å²) in [5.41, 5.74) is 2.33. The van der Waals surface area contributed by atoms with Gasteiger partial charge in [0.25, 0.3) is 5.91 Å². The average Bonchev–Trinajstić information content (AvgIpc) is 3.11. The van der Waals surface area contributed by atoms with Crippen molar-refractivity contribution >= 4 is 29.4 Å². The third-order valence-electron chi connectivity index (χ3n) is 10.1. The summed E-state index contributed by atoms with van der Waals surface area (Å²) < 4.78 is 5.22. The van der Waals surface area contributed by atoms with Gasteiger partial charge in [0.1, 0.15) is 11.8 Å². The van der Waals surface area contributed by atoms with Crippen molar-refractivity contribution in [2.45, 2.75) is 76.0 Å². The van der Waals surface area contributed by atoms with E-state index in [1.807, 2.05) is 34.1 Å². The number of anilines is 1. The van der Waals surface area contributed by atoms with Gasteiger partial charge in [-0.15, -0.1) is 0 Å². The number of methoxy groups -OCH3 is 1. The Morgan fingerprint density at radius 1 is 0.848 bits per heavy atom. The second kappa shape index (κ2) is 14.5. The number of para-hydroxylation sites is 1. The first-order valence-electron chi connectivity index (χ1n) is 16.8. The maximum atomic E-state index is 13.9. The molecule has 4 heterocycles. The van der Waals surface area contributed by atoms with Crippen LogP contribution in [0.15, 0.2) is 48.5 Å². The molecule has 1 atom stereocenters. The molecule has 0 aromatic heterocycles. The molecule has 2 aromatic carbocycles. The molecule has 0 unspecified atom stereocenters. The predicted octanol–water partition coefficient (Wildman–Crippen LogP) is 3.70. The quantitative estimate of drug-likeness (QED) is 0.460. The Kier molecular flexibility index (Phi) is 10.1. The van der Waals surface area contributed by atoms with Crippen molar-refractivity contribution in [3.05, 3.63) is 59.7 Å². The second-order valence-corrected chi connectivity index (χ2v) is 12.9. The number of benzene rings is 2. The molecule has 0 aliphatic carbocycles. The Hall–Kier alpha value is -4.12. The SMILES string of the molecule is COc1ccc(C(=O)N[C@@H](CC(=O)N2CCC(N3Cc4ccccc4NC3=O)CC2)C(=O)N2CCC(N3CCCCC3)CC2)cc1. The van der Waals surface area contributed by atoms with Crippen LogP contribution in [0.1, 0.15) is 67.3 Å². The van der Waals surface area contributed by atoms with Crippen molar-refractivity contribution in [3.8, 4) is 5.75 Å². The summed E-state index contributed by atoms with van der Waals surface area (Å²) in [4.78, 5) is 61.7. The molecule has 3 fully saturated rings. The molecule has 2 aromatic rings. The Morgan fingerprint density at radius 3 is 2.20 bits per heavy atom. The van der Waals surface area contributed by atoms with Gasteiger partial charge >= 0.3 is 6.03 Å². The number of likely N-dealkylation sites (tertiary alicyclic amines) is 3. The fourth-order valence-corrected chi connectivity index (χ4v) is 7.39. The summed E-state index contributed by atoms with van der Waals surface area (Å²) in [6.07, 6.45) is 6.77. The number of carbonyl (C=O) groups is 4. The van der Waals surface area contributed by atoms with Crippen molar-refractivity contribution in [2.75, 3.05) is 51.7 Å². The fourth-order valence-electron chi connectivity index (χ4n) is 7.39. The Balaban J connectivity index is 1.08. The minimum atomic E-state index is -0.962. The van der Waals surface area contributed by atoms with Crippen molar-refractivity contribution in [3.63, 3.8) is 0 Å². The van der Waals surface area contributed by atoms with Crippen molar-refractivity contribution in [2.24, 2.45) is 0 Å². The summed E-state index contributed by atoms with van der Waals surface area (Å²) in [5.74, 6) is -0.132. The van der Waals surface area contributed by atoms with Gasteiger partial charge in [0.05, 0.1) is 13.5 Å². The first kappa shape index (κ1) is 31.8. The number of hydrogen-bond acceptors (Lipinski definition) is 6. The van der Waals surface area contributed by atoms with Crippen LogP contribution in [0, 0.1) is 0 Å². The number of hydrogen-bond donors (Lipinski definition) is 2. The number of amides is 5. The summed E-state index contributed by atoms with van der Waals surface area (Å²) in [5, 5.41) is 5.88. The lowest BCUT2D eigenvalue weighted by atomic mass is 9.98. The molecule has 46 heavy (non-hydrogen) atoms. The zero-order chi connectivity index (χ0) is 32.0. The first-order chi connectivity index (χ1) is 22.4. The third-order valence-corrected chi connectivity index (χ3v) is 10.1. The molecule has 246 valence electrons. The van der Waals surface area contributed by atoms with E-state index in [-0.39, 0.29) is 30.3 Å². The van der Waals surface area contributed by atoms with Crippen LogP contribution >= 0.6 is 0 Å². The summed E-state index contributed by atoms with van der Waals surface area (Å²) in [6.45, 7) is 5.02. The standard InChI is InChI=1S/C35H46N6O5/c1-46-29-11-9-25(10-12-29)33(43)36-31(34(44)40-21-13-27(14-22-40)38-17-5-2-6-18-38)23-32(42)39-19-15-28(16-20-39)41-24-26-7-3-4-8-30(26)37-35(41)45/h3-4,7-12,27-28,31H,2,5-6,13-24H2,1H3,(H,36,43)(H,37,45)/t31-/m0/s1. The van der Waals surface area contributed by atoms with Crippen LogP contribution in [0.25, 0.3) is 0 Å². The van der Waals surface area contributed by atoms with E-state index in [1.54, 1.807) is 36.3 Å². The highest BCUT2D eigenvalue weighted by Gasteiger charge is 2.36. The van der Waals surface area contributed by atoms with E-state index in [1.165, 1.54) is 19.3 Å². The molecule has 11 nitrogen and oxygen atoms in total. The van der Waals surface area contributed by atoms with Crippen LogP contribution in [0.2, 0.25) is 0 Å². The highest BCUT2D eigenvalue weighted by Crippen LogP contribution is 2.28. The highest BCUT2D eigenvalue weighted by molar-refractivity contribution is 5.99. The van der Waals surface area contributed by atoms with Gasteiger partial charge in [-0.05, 0) is 87.5 Å². The summed E-state index contributed by atoms with van der Waals surface area (Å²) >= 11 is 0. The largest absolute Gasteiger partial charge is 0.497 e. The van der Waals surface area contributed by atoms with Crippen molar-refractivity contribution in [1.29, 1.82) is 0 Å². The van der Waals surface area contributed by atoms with Gasteiger partial charge in [-0.25, -0.2) is 4.79 Å². The maximum Gasteiger partial charge on any atom is 0.322 e. The Labute approximate surface area is 271 Å². The normalized spacial score (nSPS) is 20.5. The molecule has 5 amide bonds. The van der Waals surface area contributed by atoms with Gasteiger partial charge in [-0.2, -0.15) is 0 Å². The monoisotopic (exact) mass is 630 g/mol. The van der Waals surface area contributed by atoms with E-state index < -0.39 is 11.9 Å². The summed E-state index contributed by atoms with van der Waals surface area (Å²) in [6, 6.07) is 14.0. The van der Waals surface area contributed by atoms with Crippen LogP contribution < -0.4 is 15.4 Å². The topological polar surface area (TPSA) is 115 Å². The number of carbonyl (C=O) groups excluding carboxylic acids is 4. The van der Waals surface area contributed by atoms with Gasteiger partial charge in [-0.3, -0.25) is 14.4 Å². The lowest BCUT2D eigenvalue weighted by molar-refractivity contribution is -0.140. The van der Waals surface area contributed by atoms with E-state index in [9.17, 15) is 19.2 Å². The molecule has 11 heteroatoms. The van der Waals surface area contributed by atoms with Crippen LogP contribution in [0.3, 0.4) is 0 Å². The van der Waals surface area contributed by atoms with Crippen LogP contribution in [-0.4, -0.2) is 108 Å². The second-order valence-electron chi connectivity index (χ2n) is 12.9. The van der Waals surface area contributed by atoms with Gasteiger partial charge in [-0.1, -0.05) is 24.6 Å². The fraction of sp³-hybridized carbons (Fsp3) is 0.543. The lowest BCUT2D eigenvalue weighted by Crippen LogP contribution is -2.55. The van der Waals surface area contributed by atoms with Crippen LogP contribution in [-0.2, 0) is 16.1 Å². The molecular weight excluding hydrogens is 584 g/mol. The van der Waals surface area contributed by atoms with E-state index in [4.69, 9.17) is 4.74 Å². The van der Waals surface area contributed by atoms with E-state index in [2.05, 4.69) is 15.5 Å². The van der Waals surface area contributed by atoms with E-state index in [0.717, 1.165) is 37.2 Å². The molecule has 0 bridgehead atoms. The maximum absolute atomic E-state index is 13.9. The van der Waals surface area contributed by atoms with Gasteiger partial charge < -0.3 is 35.0 Å². The smallest absolute Gasteiger partial charge is 0.322 e. The Morgan fingerprint density at radius 2 is 1.50 bits per heavy atom. The van der Waals surface area contributed by atoms with Crippen LogP contribution in [0.4, 0.5) is 10.5 Å². The molecule has 3 saturated heterocycles. The Bertz CT molecular complexity index is 1390. The van der Waals surface area contributed by atoms with E-state index >= 15 is 0 Å². The van der Waals surface area contributed by atoms with Gasteiger partial charge in [0.15, 0.2) is 0 Å². The van der Waals surface area contributed by atoms with Crippen molar-refractivity contribution < 1.29 is 23.9 Å². The van der Waals surface area contributed by atoms with Crippen LogP contribution in [0.5, 0.6) is 5.75 Å². The third kappa shape index (κ3) is 7.30. The molecule has 4 aliphatic heterocycles. The number of rotatable bonds is 8. The molecule has 4 aliphatic rings. The number of nitrogens with one attached hydrogen (secondary N) is 2. The zero-order valence-electron chi connectivity index (χ0n) is 26.8. The molecule has 6 rings (SSSR count). The van der Waals surface area contributed by atoms with Gasteiger partial charge in [0.2, 0.25) is 11.8 Å². The molecule has 0 saturated carbocycles. The van der Waals surface area contributed by atoms with E-state index in [0.29, 0.717) is 62.9 Å². The first-order valence-corrected chi connectivity index (χ1v) is 16.8. The number of fused-ring (bicyclic) bond motifs is 1. The van der Waals surface area contributed by atoms with Crippen molar-refractivity contribution in [1.82, 2.24) is 24.9 Å². The van der Waals surface area contributed by atoms with Gasteiger partial charge in [0, 0.05) is 56.1 Å². The molecule has 2 N–H and O–H groups in total. The number of urea groups is 1. The molecule has 0 spiro atoms. The predicted molar refractivity (Wildman–Crippen MR) is 174 cm³/mol. The number of ether oxygens (including phenoxy) is 1. The number of piperidine rings is 3.